The molecule has 0 atom stereocenters. The van der Waals surface area contributed by atoms with Crippen LogP contribution in [0.4, 0.5) is 13.2 Å². The van der Waals surface area contributed by atoms with Gasteiger partial charge in [-0.2, -0.15) is 13.2 Å². The van der Waals surface area contributed by atoms with E-state index in [4.69, 9.17) is 0 Å². The molecule has 1 aromatic carbocycles. The van der Waals surface area contributed by atoms with Gasteiger partial charge in [-0.15, -0.1) is 0 Å². The largest absolute Gasteiger partial charge is 0.501 e. The van der Waals surface area contributed by atoms with Gasteiger partial charge in [-0.3, -0.25) is 4.79 Å². The van der Waals surface area contributed by atoms with Crippen molar-refractivity contribution < 1.29 is 26.4 Å². The van der Waals surface area contributed by atoms with E-state index in [-0.39, 0.29) is 0 Å². The molecule has 1 aromatic heterocycles. The number of rotatable bonds is 3. The van der Waals surface area contributed by atoms with Crippen LogP contribution in [0, 0.1) is 0 Å². The topological polar surface area (TPSA) is 56.1 Å². The van der Waals surface area contributed by atoms with Gasteiger partial charge in [0.05, 0.1) is 4.90 Å². The molecule has 2 rings (SSSR count). The Morgan fingerprint density at radius 1 is 1.05 bits per heavy atom. The summed E-state index contributed by atoms with van der Waals surface area (Å²) in [6.45, 7) is 0. The molecule has 0 bridgehead atoms. The summed E-state index contributed by atoms with van der Waals surface area (Å²) in [4.78, 5) is 9.71. The van der Waals surface area contributed by atoms with E-state index in [9.17, 15) is 26.4 Å². The first-order valence-corrected chi connectivity index (χ1v) is 6.79. The highest BCUT2D eigenvalue weighted by Gasteiger charge is 2.46. The van der Waals surface area contributed by atoms with E-state index in [0.29, 0.717) is 17.5 Å². The van der Waals surface area contributed by atoms with E-state index >= 15 is 0 Å². The van der Waals surface area contributed by atoms with Crippen molar-refractivity contribution in [1.29, 1.82) is 0 Å². The van der Waals surface area contributed by atoms with Crippen molar-refractivity contribution in [3.63, 3.8) is 0 Å². The monoisotopic (exact) mass is 303 g/mol. The highest BCUT2D eigenvalue weighted by Crippen LogP contribution is 2.30. The molecule has 4 nitrogen and oxygen atoms in total. The molecule has 20 heavy (non-hydrogen) atoms. The molecular weight excluding hydrogens is 295 g/mol. The molecule has 0 unspecified atom stereocenters. The highest BCUT2D eigenvalue weighted by molar-refractivity contribution is 7.92. The van der Waals surface area contributed by atoms with Gasteiger partial charge in [0, 0.05) is 23.6 Å². The van der Waals surface area contributed by atoms with Gasteiger partial charge in [0.1, 0.15) is 0 Å². The molecule has 106 valence electrons. The molecule has 0 saturated carbocycles. The second-order valence-electron chi connectivity index (χ2n) is 3.91. The van der Waals surface area contributed by atoms with E-state index in [1.807, 2.05) is 0 Å². The first-order chi connectivity index (χ1) is 9.25. The Hall–Kier alpha value is -2.09. The second kappa shape index (κ2) is 4.78. The van der Waals surface area contributed by atoms with Gasteiger partial charge < -0.3 is 4.57 Å². The van der Waals surface area contributed by atoms with Gasteiger partial charge in [0.2, 0.25) is 0 Å². The Balaban J connectivity index is 2.38. The van der Waals surface area contributed by atoms with Crippen LogP contribution >= 0.6 is 0 Å². The number of halogens is 3. The quantitative estimate of drug-likeness (QED) is 0.819. The van der Waals surface area contributed by atoms with Gasteiger partial charge in [-0.1, -0.05) is 0 Å². The minimum absolute atomic E-state index is 0.400. The smallest absolute Gasteiger partial charge is 0.323 e. The molecule has 0 N–H and O–H groups in total. The summed E-state index contributed by atoms with van der Waals surface area (Å²) < 4.78 is 60.9. The number of aldehydes is 1. The molecule has 1 heterocycles. The van der Waals surface area contributed by atoms with E-state index in [1.165, 1.54) is 35.2 Å². The first kappa shape index (κ1) is 14.3. The maximum absolute atomic E-state index is 12.4. The number of sulfone groups is 1. The Morgan fingerprint density at radius 2 is 1.65 bits per heavy atom. The predicted molar refractivity (Wildman–Crippen MR) is 64.4 cm³/mol. The fraction of sp³-hybridized carbons (Fsp3) is 0.0833. The van der Waals surface area contributed by atoms with Crippen LogP contribution in [0.2, 0.25) is 0 Å². The second-order valence-corrected chi connectivity index (χ2v) is 5.85. The summed E-state index contributed by atoms with van der Waals surface area (Å²) in [7, 11) is -5.34. The van der Waals surface area contributed by atoms with Crippen LogP contribution in [0.3, 0.4) is 0 Å². The maximum atomic E-state index is 12.4. The van der Waals surface area contributed by atoms with Gasteiger partial charge in [0.15, 0.2) is 6.29 Å². The number of benzene rings is 1. The summed E-state index contributed by atoms with van der Waals surface area (Å²) in [6.07, 6.45) is 3.64. The molecule has 0 aliphatic heterocycles. The molecule has 0 fully saturated rings. The summed E-state index contributed by atoms with van der Waals surface area (Å²) in [5.41, 5.74) is -4.48. The normalized spacial score (nSPS) is 12.3. The lowest BCUT2D eigenvalue weighted by atomic mass is 10.3. The van der Waals surface area contributed by atoms with Crippen LogP contribution in [0.15, 0.2) is 47.6 Å². The summed E-state index contributed by atoms with van der Waals surface area (Å²) >= 11 is 0. The van der Waals surface area contributed by atoms with E-state index in [2.05, 4.69) is 0 Å². The van der Waals surface area contributed by atoms with Gasteiger partial charge >= 0.3 is 5.51 Å². The lowest BCUT2D eigenvalue weighted by Crippen LogP contribution is -2.23. The van der Waals surface area contributed by atoms with E-state index in [1.54, 1.807) is 0 Å². The van der Waals surface area contributed by atoms with Crippen molar-refractivity contribution in [2.45, 2.75) is 10.4 Å². The number of carbonyl (C=O) groups excluding carboxylic acids is 1. The summed E-state index contributed by atoms with van der Waals surface area (Å²) in [5, 5.41) is 0. The molecule has 8 heteroatoms. The number of aromatic nitrogens is 1. The Morgan fingerprint density at radius 3 is 2.10 bits per heavy atom. The average molecular weight is 303 g/mol. The lowest BCUT2D eigenvalue weighted by molar-refractivity contribution is -0.0436. The third-order valence-corrected chi connectivity index (χ3v) is 4.10. The van der Waals surface area contributed by atoms with Crippen molar-refractivity contribution in [1.82, 2.24) is 4.57 Å². The standard InChI is InChI=1S/C12H8F3NO3S/c13-12(14,15)20(18,19)11-3-1-10(2-4-11)16-6-5-9(7-16)8-17/h1-8H. The SMILES string of the molecule is O=Cc1ccn(-c2ccc(S(=O)(=O)C(F)(F)F)cc2)c1. The minimum Gasteiger partial charge on any atom is -0.323 e. The predicted octanol–water partition coefficient (Wildman–Crippen LogP) is 2.58. The van der Waals surface area contributed by atoms with E-state index < -0.39 is 20.2 Å². The number of hydrogen-bond acceptors (Lipinski definition) is 3. The fourth-order valence-corrected chi connectivity index (χ4v) is 2.34. The average Bonchev–Trinajstić information content (AvgIpc) is 2.86. The molecule has 0 saturated heterocycles. The van der Waals surface area contributed by atoms with Crippen LogP contribution in [0.5, 0.6) is 0 Å². The zero-order valence-electron chi connectivity index (χ0n) is 9.83. The highest BCUT2D eigenvalue weighted by atomic mass is 32.2. The van der Waals surface area contributed by atoms with Crippen molar-refractivity contribution in [3.8, 4) is 5.69 Å². The van der Waals surface area contributed by atoms with Crippen molar-refractivity contribution in [3.05, 3.63) is 48.3 Å². The summed E-state index contributed by atoms with van der Waals surface area (Å²) in [5.74, 6) is 0. The number of nitrogens with zero attached hydrogens (tertiary/aromatic N) is 1. The Bertz CT molecular complexity index is 730. The first-order valence-electron chi connectivity index (χ1n) is 5.30. The van der Waals surface area contributed by atoms with Crippen LogP contribution in [-0.4, -0.2) is 24.8 Å². The van der Waals surface area contributed by atoms with Gasteiger partial charge in [-0.05, 0) is 30.3 Å². The van der Waals surface area contributed by atoms with Crippen molar-refractivity contribution >= 4 is 16.1 Å². The summed E-state index contributed by atoms with van der Waals surface area (Å²) in [6, 6.07) is 5.73. The zero-order chi connectivity index (χ0) is 15.0. The minimum atomic E-state index is -5.34. The van der Waals surface area contributed by atoms with E-state index in [0.717, 1.165) is 12.1 Å². The zero-order valence-corrected chi connectivity index (χ0v) is 10.6. The Labute approximate surface area is 112 Å². The molecule has 0 spiro atoms. The fourth-order valence-electron chi connectivity index (χ4n) is 1.57. The molecule has 0 radical (unpaired) electrons. The van der Waals surface area contributed by atoms with Gasteiger partial charge in [0.25, 0.3) is 9.84 Å². The molecule has 2 aromatic rings. The van der Waals surface area contributed by atoms with Crippen LogP contribution < -0.4 is 0 Å². The van der Waals surface area contributed by atoms with Crippen LogP contribution in [0.1, 0.15) is 10.4 Å². The number of alkyl halides is 3. The van der Waals surface area contributed by atoms with Gasteiger partial charge in [-0.25, -0.2) is 8.42 Å². The maximum Gasteiger partial charge on any atom is 0.501 e. The van der Waals surface area contributed by atoms with Crippen molar-refractivity contribution in [2.75, 3.05) is 0 Å². The third-order valence-electron chi connectivity index (χ3n) is 2.60. The Kier molecular flexibility index (Phi) is 3.43. The van der Waals surface area contributed by atoms with Crippen LogP contribution in [-0.2, 0) is 9.84 Å². The molecule has 0 aliphatic carbocycles. The third kappa shape index (κ3) is 2.46. The molecule has 0 aliphatic rings. The van der Waals surface area contributed by atoms with Crippen molar-refractivity contribution in [2.24, 2.45) is 0 Å². The van der Waals surface area contributed by atoms with Crippen LogP contribution in [0.25, 0.3) is 5.69 Å². The molecule has 0 amide bonds. The number of carbonyl (C=O) groups is 1. The lowest BCUT2D eigenvalue weighted by Gasteiger charge is -2.09. The molecular formula is C12H8F3NO3S. The number of hydrogen-bond donors (Lipinski definition) is 0.